The lowest BCUT2D eigenvalue weighted by molar-refractivity contribution is -0.116. The number of thioether (sulfide) groups is 1. The Hall–Kier alpha value is -1.50. The van der Waals surface area contributed by atoms with Crippen molar-refractivity contribution in [3.63, 3.8) is 0 Å². The first kappa shape index (κ1) is 16.4. The summed E-state index contributed by atoms with van der Waals surface area (Å²) in [6, 6.07) is 5.12. The molecule has 3 rings (SSSR count). The van der Waals surface area contributed by atoms with Crippen LogP contribution in [0, 0.1) is 0 Å². The van der Waals surface area contributed by atoms with E-state index in [0.29, 0.717) is 26.6 Å². The summed E-state index contributed by atoms with van der Waals surface area (Å²) in [4.78, 5) is 31.6. The monoisotopic (exact) mass is 369 g/mol. The molecule has 0 fully saturated rings. The standard InChI is InChI=1S/C15H13Cl2N3O2S/c1-2-23-15-19-13-12(14(22)20-15)8(6-11(21)18-13)7-3-4-9(16)10(17)5-7/h3-5,8H,2,6H2,1H3,(H2,18,19,20,21,22)/t8-/m0/s1. The molecule has 0 radical (unpaired) electrons. The number of H-pyrrole nitrogens is 1. The maximum Gasteiger partial charge on any atom is 0.257 e. The number of carbonyl (C=O) groups excluding carboxylic acids is 1. The second-order valence-electron chi connectivity index (χ2n) is 5.04. The van der Waals surface area contributed by atoms with E-state index in [2.05, 4.69) is 15.3 Å². The molecule has 0 spiro atoms. The summed E-state index contributed by atoms with van der Waals surface area (Å²) in [5, 5.41) is 3.99. The van der Waals surface area contributed by atoms with E-state index < -0.39 is 5.92 Å². The lowest BCUT2D eigenvalue weighted by Crippen LogP contribution is -2.31. The molecule has 1 aromatic heterocycles. The average molecular weight is 370 g/mol. The van der Waals surface area contributed by atoms with Crippen LogP contribution in [-0.2, 0) is 4.79 Å². The first-order chi connectivity index (χ1) is 11.0. The van der Waals surface area contributed by atoms with Crippen LogP contribution in [-0.4, -0.2) is 21.6 Å². The first-order valence-electron chi connectivity index (χ1n) is 7.01. The van der Waals surface area contributed by atoms with Crippen LogP contribution >= 0.6 is 35.0 Å². The van der Waals surface area contributed by atoms with E-state index in [1.165, 1.54) is 11.8 Å². The molecular weight excluding hydrogens is 357 g/mol. The van der Waals surface area contributed by atoms with E-state index in [0.717, 1.165) is 11.3 Å². The Morgan fingerprint density at radius 1 is 1.30 bits per heavy atom. The number of fused-ring (bicyclic) bond motifs is 1. The number of carbonyl (C=O) groups is 1. The minimum atomic E-state index is -0.398. The number of hydrogen-bond donors (Lipinski definition) is 2. The van der Waals surface area contributed by atoms with Gasteiger partial charge in [-0.15, -0.1) is 0 Å². The maximum absolute atomic E-state index is 12.5. The minimum Gasteiger partial charge on any atom is -0.310 e. The van der Waals surface area contributed by atoms with Crippen molar-refractivity contribution < 1.29 is 4.79 Å². The van der Waals surface area contributed by atoms with Gasteiger partial charge in [-0.1, -0.05) is 48.0 Å². The van der Waals surface area contributed by atoms with E-state index in [1.807, 2.05) is 6.92 Å². The number of halogens is 2. The predicted octanol–water partition coefficient (Wildman–Crippen LogP) is 3.66. The van der Waals surface area contributed by atoms with Gasteiger partial charge in [0.05, 0.1) is 15.6 Å². The number of nitrogens with zero attached hydrogens (tertiary/aromatic N) is 1. The van der Waals surface area contributed by atoms with E-state index in [4.69, 9.17) is 23.2 Å². The van der Waals surface area contributed by atoms with Gasteiger partial charge in [-0.2, -0.15) is 0 Å². The zero-order chi connectivity index (χ0) is 16.6. The number of hydrogen-bond acceptors (Lipinski definition) is 4. The molecule has 2 aromatic rings. The summed E-state index contributed by atoms with van der Waals surface area (Å²) in [6.45, 7) is 1.96. The Kier molecular flexibility index (Phi) is 4.66. The van der Waals surface area contributed by atoms with Crippen molar-refractivity contribution in [3.05, 3.63) is 49.7 Å². The largest absolute Gasteiger partial charge is 0.310 e. The molecule has 1 amide bonds. The second kappa shape index (κ2) is 6.55. The van der Waals surface area contributed by atoms with Gasteiger partial charge in [0.1, 0.15) is 5.82 Å². The number of aromatic amines is 1. The van der Waals surface area contributed by atoms with Crippen LogP contribution in [0.2, 0.25) is 10.0 Å². The van der Waals surface area contributed by atoms with Crippen LogP contribution in [0.5, 0.6) is 0 Å². The van der Waals surface area contributed by atoms with Crippen molar-refractivity contribution in [2.24, 2.45) is 0 Å². The van der Waals surface area contributed by atoms with Crippen molar-refractivity contribution in [3.8, 4) is 0 Å². The van der Waals surface area contributed by atoms with Gasteiger partial charge in [0, 0.05) is 12.3 Å². The molecule has 0 aliphatic carbocycles. The number of rotatable bonds is 3. The minimum absolute atomic E-state index is 0.163. The molecule has 5 nitrogen and oxygen atoms in total. The van der Waals surface area contributed by atoms with Crippen molar-refractivity contribution in [1.29, 1.82) is 0 Å². The van der Waals surface area contributed by atoms with E-state index >= 15 is 0 Å². The lowest BCUT2D eigenvalue weighted by Gasteiger charge is -2.24. The van der Waals surface area contributed by atoms with E-state index in [9.17, 15) is 9.59 Å². The molecule has 0 unspecified atom stereocenters. The first-order valence-corrected chi connectivity index (χ1v) is 8.75. The second-order valence-corrected chi connectivity index (χ2v) is 7.11. The van der Waals surface area contributed by atoms with Crippen LogP contribution in [0.25, 0.3) is 0 Å². The van der Waals surface area contributed by atoms with E-state index in [-0.39, 0.29) is 17.9 Å². The van der Waals surface area contributed by atoms with Crippen LogP contribution in [0.1, 0.15) is 30.4 Å². The van der Waals surface area contributed by atoms with Gasteiger partial charge in [0.2, 0.25) is 5.91 Å². The maximum atomic E-state index is 12.5. The number of nitrogens with one attached hydrogen (secondary N) is 2. The normalized spacial score (nSPS) is 16.8. The molecular formula is C15H13Cl2N3O2S. The van der Waals surface area contributed by atoms with Gasteiger partial charge in [0.25, 0.3) is 5.56 Å². The Morgan fingerprint density at radius 3 is 2.78 bits per heavy atom. The quantitative estimate of drug-likeness (QED) is 0.639. The SMILES string of the molecule is CCSc1nc2c(c(=O)[nH]1)[C@H](c1ccc(Cl)c(Cl)c1)CC(=O)N2. The van der Waals surface area contributed by atoms with Crippen LogP contribution in [0.3, 0.4) is 0 Å². The molecule has 8 heteroatoms. The third-order valence-electron chi connectivity index (χ3n) is 3.56. The number of amides is 1. The summed E-state index contributed by atoms with van der Waals surface area (Å²) >= 11 is 13.4. The van der Waals surface area contributed by atoms with Crippen LogP contribution < -0.4 is 10.9 Å². The van der Waals surface area contributed by atoms with Gasteiger partial charge in [-0.25, -0.2) is 4.98 Å². The highest BCUT2D eigenvalue weighted by Gasteiger charge is 2.31. The Morgan fingerprint density at radius 2 is 2.09 bits per heavy atom. The number of aromatic nitrogens is 2. The lowest BCUT2D eigenvalue weighted by atomic mass is 9.87. The highest BCUT2D eigenvalue weighted by atomic mass is 35.5. The third-order valence-corrected chi connectivity index (χ3v) is 5.05. The molecule has 1 aliphatic heterocycles. The summed E-state index contributed by atoms with van der Waals surface area (Å²) in [5.41, 5.74) is 0.962. The summed E-state index contributed by atoms with van der Waals surface area (Å²) in [7, 11) is 0. The molecule has 2 heterocycles. The predicted molar refractivity (Wildman–Crippen MR) is 92.8 cm³/mol. The summed E-state index contributed by atoms with van der Waals surface area (Å²) in [5.74, 6) is 0.507. The van der Waals surface area contributed by atoms with Gasteiger partial charge >= 0.3 is 0 Å². The highest BCUT2D eigenvalue weighted by molar-refractivity contribution is 7.99. The van der Waals surface area contributed by atoms with Crippen molar-refractivity contribution in [2.45, 2.75) is 24.4 Å². The molecule has 0 saturated carbocycles. The topological polar surface area (TPSA) is 74.8 Å². The highest BCUT2D eigenvalue weighted by Crippen LogP contribution is 2.36. The molecule has 23 heavy (non-hydrogen) atoms. The fraction of sp³-hybridized carbons (Fsp3) is 0.267. The Balaban J connectivity index is 2.13. The summed E-state index contributed by atoms with van der Waals surface area (Å²) in [6.07, 6.45) is 0.163. The molecule has 1 aliphatic rings. The molecule has 120 valence electrons. The molecule has 2 N–H and O–H groups in total. The number of anilines is 1. The van der Waals surface area contributed by atoms with Gasteiger partial charge in [-0.3, -0.25) is 9.59 Å². The van der Waals surface area contributed by atoms with Crippen LogP contribution in [0.4, 0.5) is 5.82 Å². The third kappa shape index (κ3) is 3.24. The Bertz CT molecular complexity index is 838. The van der Waals surface area contributed by atoms with Crippen LogP contribution in [0.15, 0.2) is 28.2 Å². The van der Waals surface area contributed by atoms with Crippen molar-refractivity contribution >= 4 is 46.7 Å². The van der Waals surface area contributed by atoms with Crippen molar-refractivity contribution in [2.75, 3.05) is 11.1 Å². The van der Waals surface area contributed by atoms with E-state index in [1.54, 1.807) is 18.2 Å². The fourth-order valence-electron chi connectivity index (χ4n) is 2.57. The van der Waals surface area contributed by atoms with Crippen molar-refractivity contribution in [1.82, 2.24) is 9.97 Å². The molecule has 1 atom stereocenters. The Labute approximate surface area is 146 Å². The fourth-order valence-corrected chi connectivity index (χ4v) is 3.47. The zero-order valence-electron chi connectivity index (χ0n) is 12.2. The van der Waals surface area contributed by atoms with Gasteiger partial charge in [0.15, 0.2) is 5.16 Å². The van der Waals surface area contributed by atoms with Gasteiger partial charge < -0.3 is 10.3 Å². The zero-order valence-corrected chi connectivity index (χ0v) is 14.5. The number of benzene rings is 1. The average Bonchev–Trinajstić information content (AvgIpc) is 2.49. The summed E-state index contributed by atoms with van der Waals surface area (Å²) < 4.78 is 0. The molecule has 0 bridgehead atoms. The van der Waals surface area contributed by atoms with Gasteiger partial charge in [-0.05, 0) is 23.4 Å². The smallest absolute Gasteiger partial charge is 0.257 e. The molecule has 1 aromatic carbocycles. The molecule has 0 saturated heterocycles.